The third-order valence-electron chi connectivity index (χ3n) is 4.23. The maximum Gasteiger partial charge on any atom is 0.355 e. The van der Waals surface area contributed by atoms with Crippen molar-refractivity contribution in [3.63, 3.8) is 0 Å². The summed E-state index contributed by atoms with van der Waals surface area (Å²) in [5.74, 6) is -0.732. The van der Waals surface area contributed by atoms with Crippen LogP contribution in [0.15, 0.2) is 35.5 Å². The molecule has 2 heterocycles. The van der Waals surface area contributed by atoms with Crippen molar-refractivity contribution in [3.05, 3.63) is 51.2 Å². The molecule has 0 radical (unpaired) electrons. The summed E-state index contributed by atoms with van der Waals surface area (Å²) in [4.78, 5) is 47.7. The summed E-state index contributed by atoms with van der Waals surface area (Å²) in [5.41, 5.74) is 1.47. The Hall–Kier alpha value is -2.88. The fourth-order valence-electron chi connectivity index (χ4n) is 2.91. The van der Waals surface area contributed by atoms with Gasteiger partial charge in [-0.3, -0.25) is 24.6 Å². The number of fused-ring (bicyclic) bond motifs is 1. The highest BCUT2D eigenvalue weighted by Gasteiger charge is 2.53. The van der Waals surface area contributed by atoms with Crippen molar-refractivity contribution in [1.82, 2.24) is 10.2 Å². The summed E-state index contributed by atoms with van der Waals surface area (Å²) in [5, 5.41) is 12.9. The van der Waals surface area contributed by atoms with E-state index in [-0.39, 0.29) is 35.2 Å². The zero-order valence-corrected chi connectivity index (χ0v) is 15.4. The van der Waals surface area contributed by atoms with Gasteiger partial charge in [-0.25, -0.2) is 4.79 Å². The lowest BCUT2D eigenvalue weighted by molar-refractivity contribution is -0.384. The van der Waals surface area contributed by atoms with Gasteiger partial charge in [-0.2, -0.15) is 0 Å². The average molecular weight is 391 g/mol. The van der Waals surface area contributed by atoms with E-state index in [1.165, 1.54) is 47.9 Å². The van der Waals surface area contributed by atoms with E-state index in [4.69, 9.17) is 4.74 Å². The lowest BCUT2D eigenvalue weighted by Gasteiger charge is -2.49. The first-order valence-corrected chi connectivity index (χ1v) is 9.16. The number of nitrogens with zero attached hydrogens (tertiary/aromatic N) is 2. The zero-order valence-electron chi connectivity index (χ0n) is 14.6. The molecule has 1 unspecified atom stereocenters. The minimum Gasteiger partial charge on any atom is -0.456 e. The number of benzene rings is 1. The largest absolute Gasteiger partial charge is 0.456 e. The highest BCUT2D eigenvalue weighted by atomic mass is 32.2. The summed E-state index contributed by atoms with van der Waals surface area (Å²) < 4.78 is 5.30. The van der Waals surface area contributed by atoms with E-state index < -0.39 is 16.9 Å². The van der Waals surface area contributed by atoms with E-state index >= 15 is 0 Å². The van der Waals surface area contributed by atoms with E-state index in [2.05, 4.69) is 5.32 Å². The number of nitro groups is 1. The van der Waals surface area contributed by atoms with Crippen LogP contribution in [0.1, 0.15) is 19.4 Å². The third kappa shape index (κ3) is 3.65. The first-order chi connectivity index (χ1) is 12.8. The molecule has 9 nitrogen and oxygen atoms in total. The fourth-order valence-corrected chi connectivity index (χ4v) is 4.21. The van der Waals surface area contributed by atoms with Gasteiger partial charge in [0.2, 0.25) is 5.91 Å². The molecule has 2 aliphatic rings. The van der Waals surface area contributed by atoms with E-state index in [0.29, 0.717) is 11.3 Å². The molecule has 0 aliphatic carbocycles. The first-order valence-electron chi connectivity index (χ1n) is 8.11. The van der Waals surface area contributed by atoms with Crippen molar-refractivity contribution in [2.75, 3.05) is 5.75 Å². The lowest BCUT2D eigenvalue weighted by atomic mass is 10.0. The zero-order chi connectivity index (χ0) is 19.7. The molecule has 1 N–H and O–H groups in total. The number of nitro benzene ring substituents is 1. The predicted molar refractivity (Wildman–Crippen MR) is 96.3 cm³/mol. The number of carbonyl (C=O) groups excluding carboxylic acids is 3. The number of non-ortho nitro benzene ring substituents is 1. The van der Waals surface area contributed by atoms with Crippen LogP contribution in [-0.4, -0.2) is 44.8 Å². The van der Waals surface area contributed by atoms with Crippen LogP contribution in [0.2, 0.25) is 0 Å². The minimum absolute atomic E-state index is 0.0500. The molecule has 0 saturated carbocycles. The normalized spacial score (nSPS) is 21.3. The van der Waals surface area contributed by atoms with Gasteiger partial charge in [-0.05, 0) is 30.2 Å². The first kappa shape index (κ1) is 18.9. The van der Waals surface area contributed by atoms with Gasteiger partial charge in [0.15, 0.2) is 0 Å². The number of β-lactam (4-membered cyclic amide) rings is 1. The number of rotatable bonds is 5. The summed E-state index contributed by atoms with van der Waals surface area (Å²) in [6, 6.07) is 5.04. The van der Waals surface area contributed by atoms with Crippen molar-refractivity contribution in [2.24, 2.45) is 0 Å². The van der Waals surface area contributed by atoms with E-state index in [9.17, 15) is 24.5 Å². The molecule has 2 amide bonds. The molecule has 10 heteroatoms. The standard InChI is InChI=1S/C17H17N3O6S/c1-9-8-27-16-13(18-10(2)21)15(22)19(16)14(9)17(23)26-7-11-3-5-12(6-4-11)20(24)25/h3-6,13,16H,7-8H2,1-2H3,(H,18,21)/t13?,16-/m1/s1. The van der Waals surface area contributed by atoms with Crippen molar-refractivity contribution < 1.29 is 24.0 Å². The number of hydrogen-bond donors (Lipinski definition) is 1. The van der Waals surface area contributed by atoms with Crippen LogP contribution >= 0.6 is 11.8 Å². The smallest absolute Gasteiger partial charge is 0.355 e. The Balaban J connectivity index is 1.67. The second-order valence-corrected chi connectivity index (χ2v) is 7.32. The maximum absolute atomic E-state index is 12.5. The summed E-state index contributed by atoms with van der Waals surface area (Å²) in [6.45, 7) is 3.02. The van der Waals surface area contributed by atoms with Gasteiger partial charge in [0.1, 0.15) is 23.7 Å². The number of carbonyl (C=O) groups is 3. The van der Waals surface area contributed by atoms with Crippen LogP contribution in [-0.2, 0) is 25.7 Å². The Morgan fingerprint density at radius 2 is 2.04 bits per heavy atom. The van der Waals surface area contributed by atoms with Gasteiger partial charge in [0, 0.05) is 24.8 Å². The van der Waals surface area contributed by atoms with Gasteiger partial charge in [-0.1, -0.05) is 0 Å². The average Bonchev–Trinajstić information content (AvgIpc) is 2.64. The number of thioether (sulfide) groups is 1. The van der Waals surface area contributed by atoms with Crippen LogP contribution in [0.4, 0.5) is 5.69 Å². The Labute approximate surface area is 158 Å². The maximum atomic E-state index is 12.5. The van der Waals surface area contributed by atoms with Crippen molar-refractivity contribution in [3.8, 4) is 0 Å². The van der Waals surface area contributed by atoms with Gasteiger partial charge in [0.25, 0.3) is 11.6 Å². The Morgan fingerprint density at radius 1 is 1.37 bits per heavy atom. The second-order valence-electron chi connectivity index (χ2n) is 6.22. The van der Waals surface area contributed by atoms with E-state index in [1.54, 1.807) is 6.92 Å². The highest BCUT2D eigenvalue weighted by Crippen LogP contribution is 2.40. The number of amides is 2. The van der Waals surface area contributed by atoms with Crippen molar-refractivity contribution in [1.29, 1.82) is 0 Å². The number of esters is 1. The molecule has 1 aromatic rings. The van der Waals surface area contributed by atoms with E-state index in [1.807, 2.05) is 0 Å². The van der Waals surface area contributed by atoms with Crippen LogP contribution in [0.3, 0.4) is 0 Å². The van der Waals surface area contributed by atoms with Gasteiger partial charge >= 0.3 is 5.97 Å². The molecule has 27 heavy (non-hydrogen) atoms. The number of hydrogen-bond acceptors (Lipinski definition) is 7. The van der Waals surface area contributed by atoms with Crippen molar-refractivity contribution in [2.45, 2.75) is 31.9 Å². The quantitative estimate of drug-likeness (QED) is 0.348. The fraction of sp³-hybridized carbons (Fsp3) is 0.353. The van der Waals surface area contributed by atoms with Crippen LogP contribution < -0.4 is 5.32 Å². The van der Waals surface area contributed by atoms with Crippen molar-refractivity contribution >= 4 is 35.2 Å². The number of nitrogens with one attached hydrogen (secondary N) is 1. The summed E-state index contributed by atoms with van der Waals surface area (Å²) >= 11 is 1.48. The Bertz CT molecular complexity index is 851. The van der Waals surface area contributed by atoms with Crippen LogP contribution in [0.5, 0.6) is 0 Å². The molecule has 0 aromatic heterocycles. The summed E-state index contributed by atoms with van der Waals surface area (Å²) in [7, 11) is 0. The predicted octanol–water partition coefficient (Wildman–Crippen LogP) is 1.33. The molecular formula is C17H17N3O6S. The Morgan fingerprint density at radius 3 is 2.63 bits per heavy atom. The molecule has 1 saturated heterocycles. The molecule has 0 bridgehead atoms. The Kier molecular flexibility index (Phi) is 5.17. The molecule has 3 rings (SSSR count). The topological polar surface area (TPSA) is 119 Å². The van der Waals surface area contributed by atoms with E-state index in [0.717, 1.165) is 5.57 Å². The monoisotopic (exact) mass is 391 g/mol. The van der Waals surface area contributed by atoms with Gasteiger partial charge in [-0.15, -0.1) is 11.8 Å². The number of ether oxygens (including phenoxy) is 1. The lowest BCUT2D eigenvalue weighted by Crippen LogP contribution is -2.70. The molecule has 0 spiro atoms. The third-order valence-corrected chi connectivity index (χ3v) is 5.65. The van der Waals surface area contributed by atoms with Gasteiger partial charge < -0.3 is 10.1 Å². The molecule has 2 atom stereocenters. The molecule has 1 fully saturated rings. The molecule has 1 aromatic carbocycles. The molecular weight excluding hydrogens is 374 g/mol. The highest BCUT2D eigenvalue weighted by molar-refractivity contribution is 8.00. The molecule has 142 valence electrons. The van der Waals surface area contributed by atoms with Crippen LogP contribution in [0, 0.1) is 10.1 Å². The SMILES string of the molecule is CC(=O)NC1C(=O)N2C(C(=O)OCc3ccc([N+](=O)[O-])cc3)=C(C)CS[C@H]12. The summed E-state index contributed by atoms with van der Waals surface area (Å²) in [6.07, 6.45) is 0. The second kappa shape index (κ2) is 7.39. The minimum atomic E-state index is -0.641. The van der Waals surface area contributed by atoms with Gasteiger partial charge in [0.05, 0.1) is 4.92 Å². The molecule has 2 aliphatic heterocycles. The van der Waals surface area contributed by atoms with Crippen LogP contribution in [0.25, 0.3) is 0 Å².